The van der Waals surface area contributed by atoms with Crippen molar-refractivity contribution in [2.75, 3.05) is 25.2 Å². The third-order valence-corrected chi connectivity index (χ3v) is 13.8. The zero-order valence-corrected chi connectivity index (χ0v) is 34.4. The zero-order valence-electron chi connectivity index (χ0n) is 32.7. The van der Waals surface area contributed by atoms with E-state index < -0.39 is 68.4 Å². The van der Waals surface area contributed by atoms with Gasteiger partial charge in [-0.05, 0) is 94.2 Å². The molecule has 16 heteroatoms. The highest BCUT2D eigenvalue weighted by atomic mass is 32.2. The Hall–Kier alpha value is -4.57. The number of aromatic nitrogens is 1. The van der Waals surface area contributed by atoms with Gasteiger partial charge in [-0.25, -0.2) is 18.2 Å². The Bertz CT molecular complexity index is 2130. The summed E-state index contributed by atoms with van der Waals surface area (Å²) < 4.78 is 45.8. The number of methoxy groups -OCH3 is 1. The van der Waals surface area contributed by atoms with Crippen LogP contribution < -0.4 is 24.8 Å². The Morgan fingerprint density at radius 1 is 1.02 bits per heavy atom. The number of ether oxygens (including phenoxy) is 3. The number of amides is 4. The number of hydrogen-bond donors (Lipinski definition) is 3. The second-order valence-electron chi connectivity index (χ2n) is 16.4. The molecule has 0 spiro atoms. The number of rotatable bonds is 8. The first kappa shape index (κ1) is 40.6. The summed E-state index contributed by atoms with van der Waals surface area (Å²) in [6.45, 7) is 5.17. The van der Waals surface area contributed by atoms with Crippen LogP contribution in [0.2, 0.25) is 0 Å². The molecule has 7 rings (SSSR count). The van der Waals surface area contributed by atoms with Crippen LogP contribution in [0.25, 0.3) is 22.0 Å². The molecule has 2 aromatic carbocycles. The summed E-state index contributed by atoms with van der Waals surface area (Å²) in [7, 11) is -2.29. The van der Waals surface area contributed by atoms with Crippen LogP contribution >= 0.6 is 11.8 Å². The van der Waals surface area contributed by atoms with Gasteiger partial charge < -0.3 is 29.7 Å². The minimum Gasteiger partial charge on any atom is -0.497 e. The topological polar surface area (TPSA) is 182 Å². The van der Waals surface area contributed by atoms with E-state index in [1.165, 1.54) is 16.7 Å². The van der Waals surface area contributed by atoms with Crippen molar-refractivity contribution >= 4 is 56.4 Å². The Morgan fingerprint density at radius 3 is 2.51 bits per heavy atom. The molecule has 2 saturated carbocycles. The van der Waals surface area contributed by atoms with Gasteiger partial charge in [0.2, 0.25) is 27.7 Å². The van der Waals surface area contributed by atoms with Crippen molar-refractivity contribution in [1.82, 2.24) is 25.2 Å². The maximum atomic E-state index is 14.6. The molecule has 4 amide bonds. The van der Waals surface area contributed by atoms with Gasteiger partial charge in [0, 0.05) is 23.1 Å². The van der Waals surface area contributed by atoms with Crippen LogP contribution in [-0.2, 0) is 29.1 Å². The number of carbonyl (C=O) groups is 4. The molecule has 57 heavy (non-hydrogen) atoms. The van der Waals surface area contributed by atoms with Crippen molar-refractivity contribution in [3.8, 4) is 22.9 Å². The molecule has 0 unspecified atom stereocenters. The molecule has 3 aromatic rings. The molecule has 3 N–H and O–H groups in total. The van der Waals surface area contributed by atoms with Crippen molar-refractivity contribution < 1.29 is 41.8 Å². The largest absolute Gasteiger partial charge is 0.497 e. The molecule has 1 aromatic heterocycles. The lowest BCUT2D eigenvalue weighted by Crippen LogP contribution is -2.58. The first-order chi connectivity index (χ1) is 27.2. The van der Waals surface area contributed by atoms with Crippen LogP contribution in [0.15, 0.2) is 54.6 Å². The number of benzene rings is 2. The zero-order chi connectivity index (χ0) is 40.5. The summed E-state index contributed by atoms with van der Waals surface area (Å²) >= 11 is 1.53. The van der Waals surface area contributed by atoms with Crippen molar-refractivity contribution in [1.29, 1.82) is 0 Å². The second-order valence-corrected chi connectivity index (χ2v) is 19.5. The normalized spacial score (nSPS) is 25.9. The Balaban J connectivity index is 1.22. The molecule has 2 aliphatic carbocycles. The van der Waals surface area contributed by atoms with Crippen molar-refractivity contribution in [3.63, 3.8) is 0 Å². The average Bonchev–Trinajstić information content (AvgIpc) is 4.09. The van der Waals surface area contributed by atoms with E-state index >= 15 is 0 Å². The van der Waals surface area contributed by atoms with Gasteiger partial charge in [-0.15, -0.1) is 0 Å². The minimum absolute atomic E-state index is 0.0261. The van der Waals surface area contributed by atoms with Gasteiger partial charge in [0.05, 0.1) is 24.6 Å². The molecule has 5 atom stereocenters. The number of alkyl carbamates (subject to hydrolysis) is 1. The number of hydrogen-bond acceptors (Lipinski definition) is 11. The molecule has 4 fully saturated rings. The fourth-order valence-corrected chi connectivity index (χ4v) is 10.1. The van der Waals surface area contributed by atoms with Crippen molar-refractivity contribution in [2.24, 2.45) is 5.92 Å². The third-order valence-electron chi connectivity index (χ3n) is 10.9. The summed E-state index contributed by atoms with van der Waals surface area (Å²) in [5.74, 6) is -0.191. The van der Waals surface area contributed by atoms with Gasteiger partial charge in [0.15, 0.2) is 0 Å². The molecular formula is C41H51N5O9S2. The van der Waals surface area contributed by atoms with E-state index in [1.54, 1.807) is 33.9 Å². The molecule has 306 valence electrons. The second kappa shape index (κ2) is 16.4. The summed E-state index contributed by atoms with van der Waals surface area (Å²) in [6, 6.07) is 15.0. The van der Waals surface area contributed by atoms with Gasteiger partial charge in [-0.3, -0.25) is 19.1 Å². The van der Waals surface area contributed by atoms with Crippen LogP contribution in [0.3, 0.4) is 0 Å². The highest BCUT2D eigenvalue weighted by molar-refractivity contribution is 7.99. The fraction of sp³-hybridized carbons (Fsp3) is 0.537. The quantitative estimate of drug-likeness (QED) is 0.280. The highest BCUT2D eigenvalue weighted by Crippen LogP contribution is 2.48. The first-order valence-electron chi connectivity index (χ1n) is 19.6. The maximum Gasteiger partial charge on any atom is 0.408 e. The summed E-state index contributed by atoms with van der Waals surface area (Å²) in [6.07, 6.45) is 2.90. The number of thioether (sulfide) groups is 1. The van der Waals surface area contributed by atoms with Crippen LogP contribution in [0.1, 0.15) is 72.1 Å². The van der Waals surface area contributed by atoms with Crippen LogP contribution in [0.5, 0.6) is 11.6 Å². The molecular weight excluding hydrogens is 771 g/mol. The van der Waals surface area contributed by atoms with E-state index in [9.17, 15) is 27.6 Å². The standard InChI is InChI=1S/C41H51N5O9S2/c1-40(2,3)55-39(50)43-33-24-56-18-10-6-9-13-27-22-41(27,38(49)45-57(51,52)30-15-16-30)44-35(47)34-21-29(23-46(34)37(33)48)54-36-31-17-14-28(53-4)19-26(31)20-32(42-36)25-11-7-5-8-12-25/h5,7-8,11-12,14,17,19-20,27,29-30,33-34H,6,9-10,13,15-16,18,21-24H2,1-4H3,(H,43,50)(H,44,47)(H,45,49)/t27-,29-,33+,34+,41-/m1/s1. The van der Waals surface area contributed by atoms with Crippen LogP contribution in [0, 0.1) is 5.92 Å². The maximum absolute atomic E-state index is 14.6. The third kappa shape index (κ3) is 9.43. The minimum atomic E-state index is -3.88. The smallest absolute Gasteiger partial charge is 0.408 e. The number of pyridine rings is 1. The molecule has 0 bridgehead atoms. The number of fused-ring (bicyclic) bond motifs is 3. The number of sulfonamides is 1. The van der Waals surface area contributed by atoms with E-state index in [0.29, 0.717) is 42.0 Å². The highest BCUT2D eigenvalue weighted by Gasteiger charge is 2.62. The van der Waals surface area contributed by atoms with E-state index in [-0.39, 0.29) is 31.1 Å². The van der Waals surface area contributed by atoms with Crippen LogP contribution in [-0.4, -0.2) is 102 Å². The van der Waals surface area contributed by atoms with Crippen LogP contribution in [0.4, 0.5) is 4.79 Å². The molecule has 4 aliphatic rings. The lowest BCUT2D eigenvalue weighted by atomic mass is 10.1. The predicted molar refractivity (Wildman–Crippen MR) is 216 cm³/mol. The van der Waals surface area contributed by atoms with Gasteiger partial charge in [-0.1, -0.05) is 43.2 Å². The van der Waals surface area contributed by atoms with Gasteiger partial charge >= 0.3 is 6.09 Å². The molecule has 2 aliphatic heterocycles. The van der Waals surface area contributed by atoms with Gasteiger partial charge in [0.25, 0.3) is 5.91 Å². The van der Waals surface area contributed by atoms with E-state index in [4.69, 9.17) is 19.2 Å². The summed E-state index contributed by atoms with van der Waals surface area (Å²) in [4.78, 5) is 62.4. The lowest BCUT2D eigenvalue weighted by molar-refractivity contribution is -0.140. The molecule has 0 radical (unpaired) electrons. The summed E-state index contributed by atoms with van der Waals surface area (Å²) in [5.41, 5.74) is -0.733. The monoisotopic (exact) mass is 821 g/mol. The van der Waals surface area contributed by atoms with E-state index in [1.807, 2.05) is 48.5 Å². The van der Waals surface area contributed by atoms with Gasteiger partial charge in [-0.2, -0.15) is 11.8 Å². The SMILES string of the molecule is COc1ccc2c(O[C@@H]3C[C@H]4C(=O)N[C@]5(C(=O)NS(=O)(=O)C6CC6)C[C@H]5CCCCCSC[C@H](NC(=O)OC(C)(C)C)C(=O)N4C3)nc(-c3ccccc3)cc2c1. The Morgan fingerprint density at radius 2 is 1.79 bits per heavy atom. The average molecular weight is 822 g/mol. The molecule has 14 nitrogen and oxygen atoms in total. The van der Waals surface area contributed by atoms with Gasteiger partial charge in [0.1, 0.15) is 35.1 Å². The Kier molecular flexibility index (Phi) is 11.7. The van der Waals surface area contributed by atoms with Crippen molar-refractivity contribution in [3.05, 3.63) is 54.6 Å². The Labute approximate surface area is 337 Å². The van der Waals surface area contributed by atoms with E-state index in [2.05, 4.69) is 15.4 Å². The predicted octanol–water partition coefficient (Wildman–Crippen LogP) is 4.94. The lowest BCUT2D eigenvalue weighted by Gasteiger charge is -2.30. The molecule has 3 heterocycles. The first-order valence-corrected chi connectivity index (χ1v) is 22.3. The summed E-state index contributed by atoms with van der Waals surface area (Å²) in [5, 5.41) is 6.59. The number of nitrogens with zero attached hydrogens (tertiary/aromatic N) is 2. The number of nitrogens with one attached hydrogen (secondary N) is 3. The van der Waals surface area contributed by atoms with Crippen molar-refractivity contribution in [2.45, 2.75) is 107 Å². The molecule has 2 saturated heterocycles. The fourth-order valence-electron chi connectivity index (χ4n) is 7.66. The number of carbonyl (C=O) groups excluding carboxylic acids is 4. The van der Waals surface area contributed by atoms with E-state index in [0.717, 1.165) is 36.0 Å².